The number of rotatable bonds is 3. The van der Waals surface area contributed by atoms with Crippen molar-refractivity contribution in [1.82, 2.24) is 4.57 Å². The van der Waals surface area contributed by atoms with Crippen LogP contribution in [0.5, 0.6) is 5.75 Å². The van der Waals surface area contributed by atoms with Crippen molar-refractivity contribution >= 4 is 10.9 Å². The molecule has 0 amide bonds. The van der Waals surface area contributed by atoms with Gasteiger partial charge in [0.15, 0.2) is 0 Å². The molecule has 2 nitrogen and oxygen atoms in total. The normalized spacial score (nSPS) is 10.8. The van der Waals surface area contributed by atoms with Crippen LogP contribution in [0.25, 0.3) is 10.9 Å². The molecule has 2 aromatic carbocycles. The van der Waals surface area contributed by atoms with Crippen LogP contribution in [0.2, 0.25) is 0 Å². The smallest absolute Gasteiger partial charge is 0.119 e. The highest BCUT2D eigenvalue weighted by Gasteiger charge is 2.06. The minimum Gasteiger partial charge on any atom is -0.489 e. The third-order valence-electron chi connectivity index (χ3n) is 3.39. The second kappa shape index (κ2) is 4.81. The molecule has 2 heteroatoms. The minimum atomic E-state index is 0.602. The molecule has 0 saturated heterocycles. The average Bonchev–Trinajstić information content (AvgIpc) is 2.76. The summed E-state index contributed by atoms with van der Waals surface area (Å²) in [7, 11) is 2.07. The Kier molecular flexibility index (Phi) is 3.00. The van der Waals surface area contributed by atoms with E-state index in [1.165, 1.54) is 22.0 Å². The van der Waals surface area contributed by atoms with E-state index in [4.69, 9.17) is 4.74 Å². The summed E-state index contributed by atoms with van der Waals surface area (Å²) in [5, 5.41) is 1.26. The lowest BCUT2D eigenvalue weighted by molar-refractivity contribution is 0.307. The zero-order chi connectivity index (χ0) is 13.2. The van der Waals surface area contributed by atoms with Gasteiger partial charge in [-0.2, -0.15) is 0 Å². The van der Waals surface area contributed by atoms with Crippen molar-refractivity contribution in [3.8, 4) is 5.75 Å². The molecule has 0 spiro atoms. The van der Waals surface area contributed by atoms with Crippen molar-refractivity contribution in [1.29, 1.82) is 0 Å². The van der Waals surface area contributed by atoms with Crippen molar-refractivity contribution in [2.24, 2.45) is 7.05 Å². The molecule has 3 rings (SSSR count). The van der Waals surface area contributed by atoms with Gasteiger partial charge in [0.2, 0.25) is 0 Å². The van der Waals surface area contributed by atoms with E-state index in [0.29, 0.717) is 6.61 Å². The third-order valence-corrected chi connectivity index (χ3v) is 3.39. The Morgan fingerprint density at radius 1 is 1.00 bits per heavy atom. The molecule has 0 N–H and O–H groups in total. The first-order valence-electron chi connectivity index (χ1n) is 6.46. The van der Waals surface area contributed by atoms with Crippen molar-refractivity contribution in [2.75, 3.05) is 0 Å². The quantitative estimate of drug-likeness (QED) is 0.684. The van der Waals surface area contributed by atoms with Gasteiger partial charge in [-0.3, -0.25) is 0 Å². The molecule has 0 radical (unpaired) electrons. The van der Waals surface area contributed by atoms with Crippen LogP contribution in [-0.4, -0.2) is 4.57 Å². The zero-order valence-electron chi connectivity index (χ0n) is 11.3. The molecule has 1 aromatic heterocycles. The molecule has 19 heavy (non-hydrogen) atoms. The first-order chi connectivity index (χ1) is 9.24. The van der Waals surface area contributed by atoms with Crippen LogP contribution < -0.4 is 4.74 Å². The van der Waals surface area contributed by atoms with Gasteiger partial charge in [-0.1, -0.05) is 35.9 Å². The first kappa shape index (κ1) is 11.8. The maximum Gasteiger partial charge on any atom is 0.119 e. The van der Waals surface area contributed by atoms with Crippen molar-refractivity contribution < 1.29 is 4.74 Å². The van der Waals surface area contributed by atoms with E-state index in [2.05, 4.69) is 61.1 Å². The van der Waals surface area contributed by atoms with Crippen molar-refractivity contribution in [3.05, 3.63) is 65.9 Å². The predicted octanol–water partition coefficient (Wildman–Crippen LogP) is 4.07. The maximum atomic E-state index is 5.86. The molecule has 0 saturated carbocycles. The van der Waals surface area contributed by atoms with E-state index in [9.17, 15) is 0 Å². The number of hydrogen-bond donors (Lipinski definition) is 0. The van der Waals surface area contributed by atoms with E-state index >= 15 is 0 Å². The van der Waals surface area contributed by atoms with Gasteiger partial charge in [-0.05, 0) is 25.1 Å². The summed E-state index contributed by atoms with van der Waals surface area (Å²) in [6.45, 7) is 2.68. The number of fused-ring (bicyclic) bond motifs is 1. The number of benzene rings is 2. The lowest BCUT2D eigenvalue weighted by atomic mass is 10.2. The van der Waals surface area contributed by atoms with Gasteiger partial charge < -0.3 is 9.30 Å². The fraction of sp³-hybridized carbons (Fsp3) is 0.176. The summed E-state index contributed by atoms with van der Waals surface area (Å²) in [6.07, 6.45) is 2.14. The molecule has 0 unspecified atom stereocenters. The second-order valence-electron chi connectivity index (χ2n) is 4.88. The number of hydrogen-bond acceptors (Lipinski definition) is 1. The van der Waals surface area contributed by atoms with Crippen molar-refractivity contribution in [3.63, 3.8) is 0 Å². The van der Waals surface area contributed by atoms with E-state index < -0.39 is 0 Å². The van der Waals surface area contributed by atoms with Gasteiger partial charge in [-0.25, -0.2) is 0 Å². The molecule has 1 heterocycles. The largest absolute Gasteiger partial charge is 0.489 e. The lowest BCUT2D eigenvalue weighted by Gasteiger charge is -2.05. The highest BCUT2D eigenvalue weighted by atomic mass is 16.5. The fourth-order valence-electron chi connectivity index (χ4n) is 2.34. The summed E-state index contributed by atoms with van der Waals surface area (Å²) >= 11 is 0. The van der Waals surface area contributed by atoms with E-state index in [0.717, 1.165) is 5.75 Å². The van der Waals surface area contributed by atoms with Crippen LogP contribution in [-0.2, 0) is 13.7 Å². The zero-order valence-corrected chi connectivity index (χ0v) is 11.3. The first-order valence-corrected chi connectivity index (χ1v) is 6.46. The highest BCUT2D eigenvalue weighted by Crippen LogP contribution is 2.22. The molecule has 0 aliphatic rings. The lowest BCUT2D eigenvalue weighted by Crippen LogP contribution is -1.94. The Bertz CT molecular complexity index is 695. The second-order valence-corrected chi connectivity index (χ2v) is 4.88. The monoisotopic (exact) mass is 251 g/mol. The van der Waals surface area contributed by atoms with Gasteiger partial charge in [0.05, 0.1) is 0 Å². The van der Waals surface area contributed by atoms with Gasteiger partial charge in [0.1, 0.15) is 12.4 Å². The topological polar surface area (TPSA) is 14.2 Å². The predicted molar refractivity (Wildman–Crippen MR) is 78.4 cm³/mol. The molecular weight excluding hydrogens is 234 g/mol. The number of ether oxygens (including phenoxy) is 1. The highest BCUT2D eigenvalue weighted by molar-refractivity contribution is 5.83. The number of nitrogens with zero attached hydrogens (tertiary/aromatic N) is 1. The summed E-state index contributed by atoms with van der Waals surface area (Å²) in [5.41, 5.74) is 3.71. The Morgan fingerprint density at radius 2 is 1.74 bits per heavy atom. The van der Waals surface area contributed by atoms with Crippen LogP contribution in [0.1, 0.15) is 11.1 Å². The Balaban J connectivity index is 1.84. The summed E-state index contributed by atoms with van der Waals surface area (Å²) in [4.78, 5) is 0. The molecule has 0 atom stereocenters. The van der Waals surface area contributed by atoms with Crippen LogP contribution in [0, 0.1) is 6.92 Å². The standard InChI is InChI=1S/C17H17NO/c1-13-7-9-15(10-8-13)19-12-14-11-18(2)17-6-4-3-5-16(14)17/h3-11H,12H2,1-2H3. The van der Waals surface area contributed by atoms with Gasteiger partial charge in [-0.15, -0.1) is 0 Å². The third kappa shape index (κ3) is 2.34. The van der Waals surface area contributed by atoms with E-state index in [-0.39, 0.29) is 0 Å². The number of aryl methyl sites for hydroxylation is 2. The molecule has 0 bridgehead atoms. The van der Waals surface area contributed by atoms with E-state index in [1.54, 1.807) is 0 Å². The number of para-hydroxylation sites is 1. The van der Waals surface area contributed by atoms with Crippen molar-refractivity contribution in [2.45, 2.75) is 13.5 Å². The minimum absolute atomic E-state index is 0.602. The molecule has 96 valence electrons. The summed E-state index contributed by atoms with van der Waals surface area (Å²) in [6, 6.07) is 16.6. The fourth-order valence-corrected chi connectivity index (χ4v) is 2.34. The van der Waals surface area contributed by atoms with Crippen LogP contribution in [0.4, 0.5) is 0 Å². The van der Waals surface area contributed by atoms with Gasteiger partial charge in [0.25, 0.3) is 0 Å². The van der Waals surface area contributed by atoms with Crippen LogP contribution >= 0.6 is 0 Å². The molecule has 3 aromatic rings. The average molecular weight is 251 g/mol. The Hall–Kier alpha value is -2.22. The molecule has 0 aliphatic heterocycles. The molecule has 0 aliphatic carbocycles. The summed E-state index contributed by atoms with van der Waals surface area (Å²) < 4.78 is 8.00. The molecular formula is C17H17NO. The maximum absolute atomic E-state index is 5.86. The molecule has 0 fully saturated rings. The Morgan fingerprint density at radius 3 is 2.53 bits per heavy atom. The SMILES string of the molecule is Cc1ccc(OCc2cn(C)c3ccccc23)cc1. The van der Waals surface area contributed by atoms with Gasteiger partial charge in [0, 0.05) is 29.7 Å². The van der Waals surface area contributed by atoms with Crippen LogP contribution in [0.3, 0.4) is 0 Å². The van der Waals surface area contributed by atoms with Gasteiger partial charge >= 0.3 is 0 Å². The number of aromatic nitrogens is 1. The van der Waals surface area contributed by atoms with Crippen LogP contribution in [0.15, 0.2) is 54.7 Å². The van der Waals surface area contributed by atoms with E-state index in [1.807, 2.05) is 12.1 Å². The Labute approximate surface area is 113 Å². The summed E-state index contributed by atoms with van der Waals surface area (Å²) in [5.74, 6) is 0.915.